The van der Waals surface area contributed by atoms with Gasteiger partial charge in [0.15, 0.2) is 11.9 Å². The molecule has 63 heavy (non-hydrogen) atoms. The van der Waals surface area contributed by atoms with Crippen LogP contribution in [-0.4, -0.2) is 78.2 Å². The number of guanidine groups is 2. The summed E-state index contributed by atoms with van der Waals surface area (Å²) < 4.78 is 0. The maximum absolute atomic E-state index is 13.9. The molecule has 0 radical (unpaired) electrons. The first-order chi connectivity index (χ1) is 29.6. The standard InChI is InChI=1S/C40H60N12O4.C4H11N3/c1-24-27(49-33(53)12-8-10-14-41)18-25(39(2,3)4)19-28(24)51-36(55)31-22-32(48-23-47-31)37(56)52-30-21-26(40(5,6)7)20-29(50-34(54)13-9-11-15-42)35(30)45-16-17-46-38(43)44;1-2-3-7-4(5)6/h18-23,45H,8-17,41-42H2,1-7H3,(H,49,53)(H,50,54)(H,51,55)(H,52,56)(H4,43,44,46);2-3H2,1H3,(H4,5,6,7). The molecule has 19 nitrogen and oxygen atoms in total. The van der Waals surface area contributed by atoms with E-state index < -0.39 is 11.8 Å². The number of benzene rings is 2. The van der Waals surface area contributed by atoms with Gasteiger partial charge in [0.2, 0.25) is 11.8 Å². The minimum Gasteiger partial charge on any atom is -0.380 e. The highest BCUT2D eigenvalue weighted by molar-refractivity contribution is 6.09. The van der Waals surface area contributed by atoms with Crippen LogP contribution >= 0.6 is 0 Å². The first-order valence-electron chi connectivity index (χ1n) is 21.2. The molecule has 3 aromatic rings. The summed E-state index contributed by atoms with van der Waals surface area (Å²) in [4.78, 5) is 69.4. The van der Waals surface area contributed by atoms with Gasteiger partial charge in [-0.05, 0) is 104 Å². The van der Waals surface area contributed by atoms with E-state index in [0.717, 1.165) is 36.8 Å². The summed E-state index contributed by atoms with van der Waals surface area (Å²) >= 11 is 0. The summed E-state index contributed by atoms with van der Waals surface area (Å²) in [5.41, 5.74) is 36.2. The van der Waals surface area contributed by atoms with Gasteiger partial charge < -0.3 is 61.0 Å². The van der Waals surface area contributed by atoms with Crippen molar-refractivity contribution in [3.05, 3.63) is 64.7 Å². The van der Waals surface area contributed by atoms with Crippen molar-refractivity contribution < 1.29 is 19.2 Å². The summed E-state index contributed by atoms with van der Waals surface area (Å²) in [6.45, 7) is 18.2. The molecule has 19 heteroatoms. The highest BCUT2D eigenvalue weighted by Crippen LogP contribution is 2.38. The normalized spacial score (nSPS) is 11.0. The molecule has 0 atom stereocenters. The molecule has 4 amide bonds. The van der Waals surface area contributed by atoms with Gasteiger partial charge >= 0.3 is 0 Å². The fourth-order valence-electron chi connectivity index (χ4n) is 5.74. The van der Waals surface area contributed by atoms with Crippen LogP contribution < -0.4 is 61.0 Å². The lowest BCUT2D eigenvalue weighted by molar-refractivity contribution is -0.117. The Hall–Kier alpha value is -6.34. The van der Waals surface area contributed by atoms with Crippen LogP contribution in [0.2, 0.25) is 0 Å². The summed E-state index contributed by atoms with van der Waals surface area (Å²) in [6, 6.07) is 8.76. The van der Waals surface area contributed by atoms with Crippen LogP contribution in [0.5, 0.6) is 0 Å². The number of nitrogens with two attached hydrogens (primary N) is 6. The number of anilines is 5. The lowest BCUT2D eigenvalue weighted by Gasteiger charge is -2.25. The average molecular weight is 874 g/mol. The second-order valence-electron chi connectivity index (χ2n) is 17.0. The molecule has 1 aromatic heterocycles. The van der Waals surface area contributed by atoms with Crippen molar-refractivity contribution in [1.29, 1.82) is 0 Å². The van der Waals surface area contributed by atoms with E-state index in [9.17, 15) is 19.2 Å². The molecule has 0 saturated heterocycles. The molecule has 0 aliphatic carbocycles. The molecule has 0 aliphatic heterocycles. The Bertz CT molecular complexity index is 2060. The summed E-state index contributed by atoms with van der Waals surface area (Å²) in [5.74, 6) is -1.44. The van der Waals surface area contributed by atoms with Gasteiger partial charge in [-0.25, -0.2) is 9.97 Å². The maximum Gasteiger partial charge on any atom is 0.274 e. The molecule has 1 heterocycles. The van der Waals surface area contributed by atoms with Crippen molar-refractivity contribution in [3.8, 4) is 0 Å². The zero-order valence-corrected chi connectivity index (χ0v) is 38.3. The second kappa shape index (κ2) is 25.6. The smallest absolute Gasteiger partial charge is 0.274 e. The second-order valence-corrected chi connectivity index (χ2v) is 17.0. The van der Waals surface area contributed by atoms with Crippen molar-refractivity contribution in [3.63, 3.8) is 0 Å². The fourth-order valence-corrected chi connectivity index (χ4v) is 5.74. The molecule has 0 aliphatic rings. The fraction of sp³-hybridized carbons (Fsp3) is 0.500. The van der Waals surface area contributed by atoms with Crippen molar-refractivity contribution in [2.45, 2.75) is 111 Å². The zero-order chi connectivity index (χ0) is 47.3. The van der Waals surface area contributed by atoms with E-state index in [1.54, 1.807) is 0 Å². The van der Waals surface area contributed by atoms with Gasteiger partial charge in [-0.2, -0.15) is 0 Å². The number of nitrogens with one attached hydrogen (secondary N) is 5. The third-order valence-electron chi connectivity index (χ3n) is 9.40. The molecule has 17 N–H and O–H groups in total. The van der Waals surface area contributed by atoms with E-state index in [0.29, 0.717) is 72.8 Å². The zero-order valence-electron chi connectivity index (χ0n) is 38.3. The summed E-state index contributed by atoms with van der Waals surface area (Å²) in [7, 11) is 0. The molecule has 346 valence electrons. The summed E-state index contributed by atoms with van der Waals surface area (Å²) in [6.07, 6.45) is 5.47. The molecular formula is C44H71N15O4. The Morgan fingerprint density at radius 1 is 0.603 bits per heavy atom. The lowest BCUT2D eigenvalue weighted by atomic mass is 9.85. The van der Waals surface area contributed by atoms with Crippen molar-refractivity contribution in [1.82, 2.24) is 9.97 Å². The van der Waals surface area contributed by atoms with E-state index >= 15 is 0 Å². The molecule has 0 fully saturated rings. The molecule has 3 rings (SSSR count). The molecule has 0 saturated carbocycles. The predicted octanol–water partition coefficient (Wildman–Crippen LogP) is 4.37. The maximum atomic E-state index is 13.9. The number of hydrogen-bond acceptors (Lipinski definition) is 11. The monoisotopic (exact) mass is 874 g/mol. The number of rotatable bonds is 20. The minimum absolute atomic E-state index is 0.0532. The predicted molar refractivity (Wildman–Crippen MR) is 256 cm³/mol. The van der Waals surface area contributed by atoms with Crippen LogP contribution in [0.1, 0.15) is 131 Å². The average Bonchev–Trinajstić information content (AvgIpc) is 3.20. The number of carbonyl (C=O) groups excluding carboxylic acids is 4. The third kappa shape index (κ3) is 18.7. The number of aromatic nitrogens is 2. The van der Waals surface area contributed by atoms with E-state index in [4.69, 9.17) is 34.4 Å². The van der Waals surface area contributed by atoms with Crippen LogP contribution in [0.15, 0.2) is 46.6 Å². The molecule has 0 bridgehead atoms. The number of amides is 4. The van der Waals surface area contributed by atoms with Gasteiger partial charge in [0.1, 0.15) is 17.7 Å². The number of unbranched alkanes of at least 4 members (excludes halogenated alkanes) is 2. The Kier molecular flexibility index (Phi) is 21.4. The third-order valence-corrected chi connectivity index (χ3v) is 9.40. The van der Waals surface area contributed by atoms with Gasteiger partial charge in [-0.3, -0.25) is 29.2 Å². The SMILES string of the molecule is CCCN=C(N)N.Cc1c(NC(=O)CCCCN)cc(C(C)(C)C)cc1NC(=O)c1cc(C(=O)Nc2cc(C(C)(C)C)cc(NC(=O)CCCCN)c2NCCN=C(N)N)ncn1. The highest BCUT2D eigenvalue weighted by atomic mass is 16.2. The van der Waals surface area contributed by atoms with Gasteiger partial charge in [0.25, 0.3) is 11.8 Å². The first kappa shape index (κ1) is 52.8. The van der Waals surface area contributed by atoms with Crippen LogP contribution in [-0.2, 0) is 20.4 Å². The lowest BCUT2D eigenvalue weighted by Crippen LogP contribution is -2.24. The molecule has 0 spiro atoms. The van der Waals surface area contributed by atoms with Gasteiger partial charge in [-0.1, -0.05) is 48.5 Å². The van der Waals surface area contributed by atoms with Gasteiger partial charge in [0, 0.05) is 43.4 Å². The highest BCUT2D eigenvalue weighted by Gasteiger charge is 2.24. The van der Waals surface area contributed by atoms with Crippen LogP contribution in [0.3, 0.4) is 0 Å². The van der Waals surface area contributed by atoms with Crippen LogP contribution in [0.4, 0.5) is 28.4 Å². The quantitative estimate of drug-likeness (QED) is 0.0427. The van der Waals surface area contributed by atoms with Crippen LogP contribution in [0, 0.1) is 6.92 Å². The first-order valence-corrected chi connectivity index (χ1v) is 21.2. The van der Waals surface area contributed by atoms with E-state index in [1.807, 2.05) is 79.7 Å². The Morgan fingerprint density at radius 3 is 1.44 bits per heavy atom. The number of aliphatic imine (C=N–C) groups is 2. The minimum atomic E-state index is -0.620. The molecule has 0 unspecified atom stereocenters. The van der Waals surface area contributed by atoms with Gasteiger partial charge in [0.05, 0.1) is 23.6 Å². The van der Waals surface area contributed by atoms with E-state index in [1.165, 1.54) is 6.07 Å². The Labute approximate surface area is 371 Å². The number of hydrogen-bond donors (Lipinski definition) is 11. The Morgan fingerprint density at radius 2 is 1.02 bits per heavy atom. The molecular weight excluding hydrogens is 803 g/mol. The molecule has 2 aromatic carbocycles. The van der Waals surface area contributed by atoms with Crippen molar-refractivity contribution >= 4 is 64.0 Å². The van der Waals surface area contributed by atoms with Crippen molar-refractivity contribution in [2.75, 3.05) is 59.3 Å². The topological polar surface area (TPSA) is 335 Å². The van der Waals surface area contributed by atoms with Crippen molar-refractivity contribution in [2.24, 2.45) is 44.4 Å². The Balaban J connectivity index is 0.00000179. The van der Waals surface area contributed by atoms with Gasteiger partial charge in [-0.15, -0.1) is 0 Å². The largest absolute Gasteiger partial charge is 0.380 e. The van der Waals surface area contributed by atoms with E-state index in [-0.39, 0.29) is 65.5 Å². The number of nitrogens with zero attached hydrogens (tertiary/aromatic N) is 4. The summed E-state index contributed by atoms with van der Waals surface area (Å²) in [5, 5.41) is 15.1. The van der Waals surface area contributed by atoms with Crippen LogP contribution in [0.25, 0.3) is 0 Å². The van der Waals surface area contributed by atoms with E-state index in [2.05, 4.69) is 46.5 Å². The number of carbonyl (C=O) groups is 4.